The summed E-state index contributed by atoms with van der Waals surface area (Å²) in [6.07, 6.45) is 2.95. The van der Waals surface area contributed by atoms with Crippen LogP contribution in [0.5, 0.6) is 0 Å². The number of carbonyl (C=O) groups is 3. The van der Waals surface area contributed by atoms with Crippen molar-refractivity contribution in [3.05, 3.63) is 52.5 Å². The molecule has 0 saturated heterocycles. The number of thiazole rings is 1. The Labute approximate surface area is 161 Å². The largest absolute Gasteiger partial charge is 0.466 e. The first-order valence-corrected chi connectivity index (χ1v) is 9.16. The van der Waals surface area contributed by atoms with Crippen LogP contribution in [0.2, 0.25) is 0 Å². The SMILES string of the molecule is CCOC(=O)Cc1csc(NC(=O)COC(=O)/C=C/c2ccccc2C)n1. The number of rotatable bonds is 8. The molecule has 2 rings (SSSR count). The van der Waals surface area contributed by atoms with Crippen LogP contribution in [0.4, 0.5) is 5.13 Å². The molecule has 0 aliphatic heterocycles. The zero-order chi connectivity index (χ0) is 19.6. The summed E-state index contributed by atoms with van der Waals surface area (Å²) < 4.78 is 9.74. The molecule has 0 saturated carbocycles. The van der Waals surface area contributed by atoms with Crippen LogP contribution in [-0.2, 0) is 30.3 Å². The van der Waals surface area contributed by atoms with Crippen molar-refractivity contribution in [2.24, 2.45) is 0 Å². The topological polar surface area (TPSA) is 94.6 Å². The summed E-state index contributed by atoms with van der Waals surface area (Å²) in [5.74, 6) is -1.50. The number of carbonyl (C=O) groups excluding carboxylic acids is 3. The maximum Gasteiger partial charge on any atom is 0.331 e. The van der Waals surface area contributed by atoms with Gasteiger partial charge in [0.05, 0.1) is 18.7 Å². The Bertz CT molecular complexity index is 844. The number of amides is 1. The molecule has 27 heavy (non-hydrogen) atoms. The fourth-order valence-electron chi connectivity index (χ4n) is 2.08. The van der Waals surface area contributed by atoms with E-state index in [-0.39, 0.29) is 12.4 Å². The van der Waals surface area contributed by atoms with Crippen molar-refractivity contribution in [3.8, 4) is 0 Å². The molecule has 7 nitrogen and oxygen atoms in total. The summed E-state index contributed by atoms with van der Waals surface area (Å²) in [5.41, 5.74) is 2.43. The normalized spacial score (nSPS) is 10.6. The number of aryl methyl sites for hydroxylation is 1. The van der Waals surface area contributed by atoms with E-state index in [2.05, 4.69) is 10.3 Å². The number of nitrogens with one attached hydrogen (secondary N) is 1. The number of ether oxygens (including phenoxy) is 2. The molecule has 1 aromatic heterocycles. The van der Waals surface area contributed by atoms with Crippen LogP contribution in [-0.4, -0.2) is 36.0 Å². The number of nitrogens with zero attached hydrogens (tertiary/aromatic N) is 1. The zero-order valence-corrected chi connectivity index (χ0v) is 15.9. The number of anilines is 1. The fourth-order valence-corrected chi connectivity index (χ4v) is 2.80. The molecule has 8 heteroatoms. The molecule has 1 aromatic carbocycles. The highest BCUT2D eigenvalue weighted by molar-refractivity contribution is 7.13. The molecule has 0 aliphatic rings. The molecule has 0 radical (unpaired) electrons. The first-order valence-electron chi connectivity index (χ1n) is 8.28. The van der Waals surface area contributed by atoms with E-state index >= 15 is 0 Å². The average molecular weight is 388 g/mol. The predicted octanol–water partition coefficient (Wildman–Crippen LogP) is 2.75. The van der Waals surface area contributed by atoms with Crippen LogP contribution in [0.3, 0.4) is 0 Å². The van der Waals surface area contributed by atoms with E-state index < -0.39 is 18.5 Å². The van der Waals surface area contributed by atoms with Crippen LogP contribution in [0.15, 0.2) is 35.7 Å². The lowest BCUT2D eigenvalue weighted by Crippen LogP contribution is -2.20. The van der Waals surface area contributed by atoms with Gasteiger partial charge in [0.25, 0.3) is 5.91 Å². The molecule has 0 bridgehead atoms. The third-order valence-electron chi connectivity index (χ3n) is 3.36. The Morgan fingerprint density at radius 2 is 2.00 bits per heavy atom. The van der Waals surface area contributed by atoms with Gasteiger partial charge in [-0.3, -0.25) is 14.9 Å². The molecule has 1 heterocycles. The van der Waals surface area contributed by atoms with Gasteiger partial charge in [0.1, 0.15) is 0 Å². The van der Waals surface area contributed by atoms with E-state index in [9.17, 15) is 14.4 Å². The average Bonchev–Trinajstić information content (AvgIpc) is 3.06. The van der Waals surface area contributed by atoms with Crippen molar-refractivity contribution in [3.63, 3.8) is 0 Å². The monoisotopic (exact) mass is 388 g/mol. The second-order valence-electron chi connectivity index (χ2n) is 5.47. The summed E-state index contributed by atoms with van der Waals surface area (Å²) >= 11 is 1.18. The Morgan fingerprint density at radius 1 is 1.22 bits per heavy atom. The molecule has 1 amide bonds. The highest BCUT2D eigenvalue weighted by Gasteiger charge is 2.11. The lowest BCUT2D eigenvalue weighted by atomic mass is 10.1. The molecule has 0 aliphatic carbocycles. The minimum atomic E-state index is -0.615. The fraction of sp³-hybridized carbons (Fsp3) is 0.263. The molecule has 1 N–H and O–H groups in total. The van der Waals surface area contributed by atoms with Crippen LogP contribution < -0.4 is 5.32 Å². The highest BCUT2D eigenvalue weighted by atomic mass is 32.1. The molecule has 0 spiro atoms. The molecule has 0 atom stereocenters. The van der Waals surface area contributed by atoms with Crippen LogP contribution in [0.25, 0.3) is 6.08 Å². The van der Waals surface area contributed by atoms with Gasteiger partial charge >= 0.3 is 11.9 Å². The van der Waals surface area contributed by atoms with Crippen molar-refractivity contribution < 1.29 is 23.9 Å². The summed E-state index contributed by atoms with van der Waals surface area (Å²) in [7, 11) is 0. The zero-order valence-electron chi connectivity index (χ0n) is 15.1. The van der Waals surface area contributed by atoms with Gasteiger partial charge in [0.15, 0.2) is 11.7 Å². The minimum absolute atomic E-state index is 0.0406. The van der Waals surface area contributed by atoms with E-state index in [1.807, 2.05) is 31.2 Å². The van der Waals surface area contributed by atoms with Crippen LogP contribution in [0.1, 0.15) is 23.7 Å². The first-order chi connectivity index (χ1) is 13.0. The number of hydrogen-bond donors (Lipinski definition) is 1. The molecular formula is C19H20N2O5S. The number of benzene rings is 1. The molecular weight excluding hydrogens is 368 g/mol. The minimum Gasteiger partial charge on any atom is -0.466 e. The Hall–Kier alpha value is -3.00. The van der Waals surface area contributed by atoms with E-state index in [1.54, 1.807) is 18.4 Å². The second kappa shape index (κ2) is 10.2. The molecule has 2 aromatic rings. The summed E-state index contributed by atoms with van der Waals surface area (Å²) in [6, 6.07) is 7.59. The quantitative estimate of drug-likeness (QED) is 0.552. The smallest absolute Gasteiger partial charge is 0.331 e. The van der Waals surface area contributed by atoms with Crippen molar-refractivity contribution in [1.29, 1.82) is 0 Å². The molecule has 0 fully saturated rings. The Morgan fingerprint density at radius 3 is 2.74 bits per heavy atom. The number of hydrogen-bond acceptors (Lipinski definition) is 7. The third kappa shape index (κ3) is 7.02. The summed E-state index contributed by atoms with van der Waals surface area (Å²) in [4.78, 5) is 39.1. The van der Waals surface area contributed by atoms with E-state index in [0.717, 1.165) is 11.1 Å². The van der Waals surface area contributed by atoms with E-state index in [1.165, 1.54) is 17.4 Å². The number of aromatic nitrogens is 1. The van der Waals surface area contributed by atoms with Gasteiger partial charge in [-0.25, -0.2) is 9.78 Å². The lowest BCUT2D eigenvalue weighted by molar-refractivity contribution is -0.142. The van der Waals surface area contributed by atoms with Gasteiger partial charge < -0.3 is 9.47 Å². The van der Waals surface area contributed by atoms with Gasteiger partial charge in [-0.15, -0.1) is 11.3 Å². The van der Waals surface area contributed by atoms with Crippen LogP contribution in [0, 0.1) is 6.92 Å². The Balaban J connectivity index is 1.77. The third-order valence-corrected chi connectivity index (χ3v) is 4.17. The van der Waals surface area contributed by atoms with Gasteiger partial charge in [-0.2, -0.15) is 0 Å². The molecule has 142 valence electrons. The van der Waals surface area contributed by atoms with E-state index in [0.29, 0.717) is 17.4 Å². The maximum absolute atomic E-state index is 11.8. The van der Waals surface area contributed by atoms with Gasteiger partial charge in [0.2, 0.25) is 0 Å². The molecule has 0 unspecified atom stereocenters. The maximum atomic E-state index is 11.8. The van der Waals surface area contributed by atoms with Crippen molar-refractivity contribution >= 4 is 40.4 Å². The van der Waals surface area contributed by atoms with Gasteiger partial charge in [-0.1, -0.05) is 24.3 Å². The van der Waals surface area contributed by atoms with Gasteiger partial charge in [0, 0.05) is 11.5 Å². The first kappa shape index (κ1) is 20.3. The van der Waals surface area contributed by atoms with Crippen molar-refractivity contribution in [2.45, 2.75) is 20.3 Å². The summed E-state index contributed by atoms with van der Waals surface area (Å²) in [6.45, 7) is 3.53. The van der Waals surface area contributed by atoms with Crippen molar-refractivity contribution in [1.82, 2.24) is 4.98 Å². The second-order valence-corrected chi connectivity index (χ2v) is 6.33. The highest BCUT2D eigenvalue weighted by Crippen LogP contribution is 2.16. The number of esters is 2. The standard InChI is InChI=1S/C19H20N2O5S/c1-3-25-18(24)10-15-12-27-19(20-15)21-16(22)11-26-17(23)9-8-14-7-5-4-6-13(14)2/h4-9,12H,3,10-11H2,1-2H3,(H,20,21,22)/b9-8+. The van der Waals surface area contributed by atoms with Crippen LogP contribution >= 0.6 is 11.3 Å². The Kier molecular flexibility index (Phi) is 7.69. The summed E-state index contributed by atoms with van der Waals surface area (Å²) in [5, 5.41) is 4.50. The van der Waals surface area contributed by atoms with Gasteiger partial charge in [-0.05, 0) is 31.1 Å². The lowest BCUT2D eigenvalue weighted by Gasteiger charge is -2.03. The predicted molar refractivity (Wildman–Crippen MR) is 102 cm³/mol. The van der Waals surface area contributed by atoms with E-state index in [4.69, 9.17) is 9.47 Å². The van der Waals surface area contributed by atoms with Crippen molar-refractivity contribution in [2.75, 3.05) is 18.5 Å².